The van der Waals surface area contributed by atoms with Gasteiger partial charge in [0.25, 0.3) is 0 Å². The van der Waals surface area contributed by atoms with Crippen molar-refractivity contribution in [2.45, 2.75) is 13.8 Å². The molecule has 1 aliphatic rings. The molecule has 2 N–H and O–H groups in total. The summed E-state index contributed by atoms with van der Waals surface area (Å²) in [6.07, 6.45) is 1.77. The third kappa shape index (κ3) is 4.35. The van der Waals surface area contributed by atoms with Crippen molar-refractivity contribution in [1.29, 1.82) is 0 Å². The van der Waals surface area contributed by atoms with Crippen molar-refractivity contribution in [3.8, 4) is 0 Å². The minimum atomic E-state index is 0.568. The Morgan fingerprint density at radius 2 is 1.96 bits per heavy atom. The molecule has 6 heteroatoms. The van der Waals surface area contributed by atoms with Gasteiger partial charge in [-0.05, 0) is 24.1 Å². The first kappa shape index (κ1) is 16.5. The highest BCUT2D eigenvalue weighted by Crippen LogP contribution is 2.28. The Labute approximate surface area is 143 Å². The molecule has 6 nitrogen and oxygen atoms in total. The second-order valence-electron chi connectivity index (χ2n) is 6.28. The Kier molecular flexibility index (Phi) is 5.48. The van der Waals surface area contributed by atoms with E-state index in [-0.39, 0.29) is 0 Å². The monoisotopic (exact) mass is 327 g/mol. The highest BCUT2D eigenvalue weighted by Gasteiger charge is 2.15. The molecule has 0 spiro atoms. The molecule has 128 valence electrons. The van der Waals surface area contributed by atoms with Gasteiger partial charge >= 0.3 is 0 Å². The first-order valence-electron chi connectivity index (χ1n) is 8.48. The number of para-hydroxylation sites is 2. The van der Waals surface area contributed by atoms with Gasteiger partial charge < -0.3 is 20.3 Å². The third-order valence-corrected chi connectivity index (χ3v) is 3.85. The van der Waals surface area contributed by atoms with Gasteiger partial charge in [-0.2, -0.15) is 4.98 Å². The Morgan fingerprint density at radius 1 is 1.17 bits per heavy atom. The first-order chi connectivity index (χ1) is 11.7. The summed E-state index contributed by atoms with van der Waals surface area (Å²) < 4.78 is 5.45. The van der Waals surface area contributed by atoms with E-state index in [0.717, 1.165) is 50.0 Å². The molecule has 1 saturated heterocycles. The second-order valence-corrected chi connectivity index (χ2v) is 6.28. The molecule has 0 unspecified atom stereocenters. The highest BCUT2D eigenvalue weighted by molar-refractivity contribution is 5.73. The summed E-state index contributed by atoms with van der Waals surface area (Å²) in [6, 6.07) is 10.1. The van der Waals surface area contributed by atoms with Crippen LogP contribution in [-0.2, 0) is 4.74 Å². The van der Waals surface area contributed by atoms with E-state index < -0.39 is 0 Å². The zero-order chi connectivity index (χ0) is 16.8. The van der Waals surface area contributed by atoms with E-state index in [0.29, 0.717) is 11.9 Å². The largest absolute Gasteiger partial charge is 0.378 e. The fraction of sp³-hybridized carbons (Fsp3) is 0.444. The van der Waals surface area contributed by atoms with Gasteiger partial charge in [0.15, 0.2) is 0 Å². The van der Waals surface area contributed by atoms with Gasteiger partial charge in [0.1, 0.15) is 5.82 Å². The van der Waals surface area contributed by atoms with Crippen molar-refractivity contribution in [3.63, 3.8) is 0 Å². The maximum Gasteiger partial charge on any atom is 0.229 e. The molecule has 1 aromatic heterocycles. The average Bonchev–Trinajstić information content (AvgIpc) is 2.62. The fourth-order valence-electron chi connectivity index (χ4n) is 2.61. The van der Waals surface area contributed by atoms with Crippen LogP contribution in [0.4, 0.5) is 23.1 Å². The van der Waals surface area contributed by atoms with Crippen LogP contribution < -0.4 is 15.5 Å². The van der Waals surface area contributed by atoms with E-state index in [9.17, 15) is 0 Å². The van der Waals surface area contributed by atoms with Crippen molar-refractivity contribution >= 4 is 23.1 Å². The first-order valence-corrected chi connectivity index (χ1v) is 8.48. The summed E-state index contributed by atoms with van der Waals surface area (Å²) in [7, 11) is 0. The van der Waals surface area contributed by atoms with Gasteiger partial charge in [0.2, 0.25) is 5.95 Å². The number of anilines is 4. The van der Waals surface area contributed by atoms with Crippen LogP contribution in [0.15, 0.2) is 36.5 Å². The molecule has 1 aromatic carbocycles. The Hall–Kier alpha value is -2.34. The number of aromatic nitrogens is 2. The van der Waals surface area contributed by atoms with E-state index in [1.807, 2.05) is 12.1 Å². The maximum absolute atomic E-state index is 5.45. The summed E-state index contributed by atoms with van der Waals surface area (Å²) in [5.74, 6) is 2.01. The smallest absolute Gasteiger partial charge is 0.229 e. The van der Waals surface area contributed by atoms with Crippen LogP contribution >= 0.6 is 0 Å². The van der Waals surface area contributed by atoms with Crippen molar-refractivity contribution in [2.75, 3.05) is 48.4 Å². The predicted molar refractivity (Wildman–Crippen MR) is 98.1 cm³/mol. The lowest BCUT2D eigenvalue weighted by atomic mass is 10.2. The molecule has 0 radical (unpaired) electrons. The van der Waals surface area contributed by atoms with Crippen LogP contribution in [0.1, 0.15) is 13.8 Å². The lowest BCUT2D eigenvalue weighted by Crippen LogP contribution is -2.36. The summed E-state index contributed by atoms with van der Waals surface area (Å²) in [5.41, 5.74) is 2.17. The van der Waals surface area contributed by atoms with Crippen molar-refractivity contribution in [1.82, 2.24) is 9.97 Å². The molecule has 0 bridgehead atoms. The summed E-state index contributed by atoms with van der Waals surface area (Å²) in [5, 5.41) is 6.68. The minimum Gasteiger partial charge on any atom is -0.378 e. The number of hydrogen-bond acceptors (Lipinski definition) is 6. The van der Waals surface area contributed by atoms with Gasteiger partial charge in [-0.25, -0.2) is 4.98 Å². The molecule has 1 fully saturated rings. The van der Waals surface area contributed by atoms with Crippen LogP contribution in [0.3, 0.4) is 0 Å². The van der Waals surface area contributed by atoms with Crippen LogP contribution in [0, 0.1) is 5.92 Å². The molecule has 24 heavy (non-hydrogen) atoms. The van der Waals surface area contributed by atoms with Crippen molar-refractivity contribution in [2.24, 2.45) is 5.92 Å². The van der Waals surface area contributed by atoms with E-state index in [2.05, 4.69) is 57.5 Å². The highest BCUT2D eigenvalue weighted by atomic mass is 16.5. The zero-order valence-electron chi connectivity index (χ0n) is 14.3. The zero-order valence-corrected chi connectivity index (χ0v) is 14.3. The van der Waals surface area contributed by atoms with Crippen LogP contribution in [0.2, 0.25) is 0 Å². The van der Waals surface area contributed by atoms with Gasteiger partial charge in [0, 0.05) is 25.8 Å². The summed E-state index contributed by atoms with van der Waals surface area (Å²) in [6.45, 7) is 8.56. The van der Waals surface area contributed by atoms with Gasteiger partial charge in [-0.15, -0.1) is 0 Å². The number of morpholine rings is 1. The maximum atomic E-state index is 5.45. The Bertz CT molecular complexity index is 655. The van der Waals surface area contributed by atoms with Crippen molar-refractivity contribution < 1.29 is 4.74 Å². The molecule has 0 saturated carbocycles. The molecule has 1 aliphatic heterocycles. The van der Waals surface area contributed by atoms with Gasteiger partial charge in [-0.3, -0.25) is 0 Å². The lowest BCUT2D eigenvalue weighted by Gasteiger charge is -2.30. The molecule has 3 rings (SSSR count). The van der Waals surface area contributed by atoms with Crippen molar-refractivity contribution in [3.05, 3.63) is 36.5 Å². The Morgan fingerprint density at radius 3 is 2.75 bits per heavy atom. The molecular weight excluding hydrogens is 302 g/mol. The van der Waals surface area contributed by atoms with Crippen LogP contribution in [0.25, 0.3) is 0 Å². The number of hydrogen-bond donors (Lipinski definition) is 2. The summed E-state index contributed by atoms with van der Waals surface area (Å²) >= 11 is 0. The lowest BCUT2D eigenvalue weighted by molar-refractivity contribution is 0.123. The molecular formula is C18H25N5O. The van der Waals surface area contributed by atoms with Gasteiger partial charge in [-0.1, -0.05) is 26.0 Å². The molecule has 2 aromatic rings. The normalized spacial score (nSPS) is 14.7. The standard InChI is InChI=1S/C18H25N5O/c1-14(2)13-20-17-7-8-19-18(22-17)21-15-5-3-4-6-16(15)23-9-11-24-12-10-23/h3-8,14H,9-13H2,1-2H3,(H2,19,20,21,22). The van der Waals surface area contributed by atoms with E-state index in [1.54, 1.807) is 6.20 Å². The number of ether oxygens (including phenoxy) is 1. The minimum absolute atomic E-state index is 0.568. The second kappa shape index (κ2) is 7.97. The number of nitrogens with zero attached hydrogens (tertiary/aromatic N) is 3. The molecule has 0 amide bonds. The van der Waals surface area contributed by atoms with E-state index in [4.69, 9.17) is 4.74 Å². The number of rotatable bonds is 6. The average molecular weight is 327 g/mol. The quantitative estimate of drug-likeness (QED) is 0.850. The predicted octanol–water partition coefficient (Wildman–Crippen LogP) is 3.12. The summed E-state index contributed by atoms with van der Waals surface area (Å²) in [4.78, 5) is 11.2. The molecule has 0 aliphatic carbocycles. The van der Waals surface area contributed by atoms with Crippen LogP contribution in [-0.4, -0.2) is 42.8 Å². The van der Waals surface area contributed by atoms with E-state index in [1.165, 1.54) is 0 Å². The molecule has 0 atom stereocenters. The van der Waals surface area contributed by atoms with E-state index >= 15 is 0 Å². The number of benzene rings is 1. The Balaban J connectivity index is 1.75. The number of nitrogens with one attached hydrogen (secondary N) is 2. The van der Waals surface area contributed by atoms with Crippen LogP contribution in [0.5, 0.6) is 0 Å². The SMILES string of the molecule is CC(C)CNc1ccnc(Nc2ccccc2N2CCOCC2)n1. The third-order valence-electron chi connectivity index (χ3n) is 3.85. The topological polar surface area (TPSA) is 62.3 Å². The fourth-order valence-corrected chi connectivity index (χ4v) is 2.61. The van der Waals surface area contributed by atoms with Gasteiger partial charge in [0.05, 0.1) is 24.6 Å². The molecule has 2 heterocycles.